The van der Waals surface area contributed by atoms with Crippen molar-refractivity contribution in [1.29, 1.82) is 0 Å². The Morgan fingerprint density at radius 3 is 2.55 bits per heavy atom. The van der Waals surface area contributed by atoms with Crippen molar-refractivity contribution < 1.29 is 23.5 Å². The average Bonchev–Trinajstić information content (AvgIpc) is 3.59. The second kappa shape index (κ2) is 11.7. The molecule has 1 aliphatic rings. The fraction of sp³-hybridized carbons (Fsp3) is 0.200. The molecule has 5 rings (SSSR count). The van der Waals surface area contributed by atoms with E-state index in [-0.39, 0.29) is 24.6 Å². The number of aromatic nitrogens is 1. The second-order valence-electron chi connectivity index (χ2n) is 9.25. The molecule has 1 saturated heterocycles. The Balaban J connectivity index is 1.51. The highest BCUT2D eigenvalue weighted by molar-refractivity contribution is 7.80. The van der Waals surface area contributed by atoms with Gasteiger partial charge in [-0.3, -0.25) is 9.78 Å². The Kier molecular flexibility index (Phi) is 7.90. The molecule has 0 spiro atoms. The zero-order valence-corrected chi connectivity index (χ0v) is 23.0. The van der Waals surface area contributed by atoms with Crippen molar-refractivity contribution in [2.24, 2.45) is 0 Å². The number of methoxy groups -OCH3 is 2. The van der Waals surface area contributed by atoms with Gasteiger partial charge in [-0.1, -0.05) is 18.2 Å². The molecule has 10 heteroatoms. The zero-order valence-electron chi connectivity index (χ0n) is 22.2. The third kappa shape index (κ3) is 5.45. The first-order chi connectivity index (χ1) is 19.4. The molecule has 0 saturated carbocycles. The van der Waals surface area contributed by atoms with E-state index in [0.717, 1.165) is 22.5 Å². The lowest BCUT2D eigenvalue weighted by molar-refractivity contribution is -0.119. The number of nitrogens with zero attached hydrogens (tertiary/aromatic N) is 2. The van der Waals surface area contributed by atoms with Crippen LogP contribution in [0, 0.1) is 6.92 Å². The molecule has 0 radical (unpaired) electrons. The number of nitrogens with one attached hydrogen (secondary N) is 2. The number of furan rings is 1. The SMILES string of the molecule is COCC(=O)Nc1ccc(N2C(=S)NC(c3ccccn3)C2c2ccc(-c3ccc(C(=O)OC)cc3)o2)cc1C. The number of rotatable bonds is 8. The summed E-state index contributed by atoms with van der Waals surface area (Å²) in [4.78, 5) is 30.5. The van der Waals surface area contributed by atoms with Crippen molar-refractivity contribution in [2.45, 2.75) is 19.0 Å². The van der Waals surface area contributed by atoms with Gasteiger partial charge in [0.05, 0.1) is 24.4 Å². The monoisotopic (exact) mass is 556 g/mol. The molecule has 2 N–H and O–H groups in total. The summed E-state index contributed by atoms with van der Waals surface area (Å²) in [6.07, 6.45) is 1.75. The van der Waals surface area contributed by atoms with Gasteiger partial charge in [-0.15, -0.1) is 0 Å². The number of amides is 1. The molecular weight excluding hydrogens is 528 g/mol. The third-order valence-electron chi connectivity index (χ3n) is 6.64. The number of pyridine rings is 1. The topological polar surface area (TPSA) is 106 Å². The average molecular weight is 557 g/mol. The number of benzene rings is 2. The lowest BCUT2D eigenvalue weighted by atomic mass is 10.0. The van der Waals surface area contributed by atoms with Crippen LogP contribution in [-0.2, 0) is 14.3 Å². The predicted octanol–water partition coefficient (Wildman–Crippen LogP) is 5.20. The minimum Gasteiger partial charge on any atom is -0.465 e. The van der Waals surface area contributed by atoms with Crippen molar-refractivity contribution in [3.8, 4) is 11.3 Å². The van der Waals surface area contributed by atoms with Crippen LogP contribution in [-0.4, -0.2) is 42.8 Å². The van der Waals surface area contributed by atoms with Crippen molar-refractivity contribution >= 4 is 40.6 Å². The highest BCUT2D eigenvalue weighted by Gasteiger charge is 2.42. The van der Waals surface area contributed by atoms with Gasteiger partial charge in [0.25, 0.3) is 0 Å². The van der Waals surface area contributed by atoms with Crippen LogP contribution in [0.5, 0.6) is 0 Å². The van der Waals surface area contributed by atoms with Gasteiger partial charge >= 0.3 is 5.97 Å². The van der Waals surface area contributed by atoms with Crippen LogP contribution in [0.3, 0.4) is 0 Å². The number of ether oxygens (including phenoxy) is 2. The van der Waals surface area contributed by atoms with E-state index in [1.807, 2.05) is 72.5 Å². The first-order valence-electron chi connectivity index (χ1n) is 12.6. The number of hydrogen-bond acceptors (Lipinski definition) is 7. The number of carbonyl (C=O) groups is 2. The highest BCUT2D eigenvalue weighted by Crippen LogP contribution is 2.43. The molecule has 2 atom stereocenters. The Morgan fingerprint density at radius 1 is 1.07 bits per heavy atom. The normalized spacial score (nSPS) is 16.5. The fourth-order valence-corrected chi connectivity index (χ4v) is 5.08. The number of anilines is 2. The third-order valence-corrected chi connectivity index (χ3v) is 6.96. The van der Waals surface area contributed by atoms with E-state index in [1.54, 1.807) is 18.3 Å². The summed E-state index contributed by atoms with van der Waals surface area (Å²) in [7, 11) is 2.83. The molecule has 2 aromatic carbocycles. The first kappa shape index (κ1) is 27.0. The number of thiocarbonyl (C=S) groups is 1. The summed E-state index contributed by atoms with van der Waals surface area (Å²) in [6, 6.07) is 21.7. The van der Waals surface area contributed by atoms with Gasteiger partial charge in [0.15, 0.2) is 5.11 Å². The molecule has 4 aromatic rings. The van der Waals surface area contributed by atoms with E-state index in [0.29, 0.717) is 27.9 Å². The first-order valence-corrected chi connectivity index (χ1v) is 13.0. The Bertz CT molecular complexity index is 1540. The van der Waals surface area contributed by atoms with E-state index in [4.69, 9.17) is 26.1 Å². The van der Waals surface area contributed by atoms with Crippen LogP contribution in [0.25, 0.3) is 11.3 Å². The summed E-state index contributed by atoms with van der Waals surface area (Å²) in [5, 5.41) is 6.81. The summed E-state index contributed by atoms with van der Waals surface area (Å²) in [6.45, 7) is 1.90. The molecule has 9 nitrogen and oxygen atoms in total. The summed E-state index contributed by atoms with van der Waals surface area (Å²) >= 11 is 5.82. The molecule has 0 aliphatic carbocycles. The van der Waals surface area contributed by atoms with Crippen molar-refractivity contribution in [3.63, 3.8) is 0 Å². The van der Waals surface area contributed by atoms with E-state index in [1.165, 1.54) is 14.2 Å². The van der Waals surface area contributed by atoms with Crippen LogP contribution < -0.4 is 15.5 Å². The van der Waals surface area contributed by atoms with Gasteiger partial charge in [0.2, 0.25) is 5.91 Å². The zero-order chi connectivity index (χ0) is 28.2. The molecule has 2 unspecified atom stereocenters. The van der Waals surface area contributed by atoms with E-state index >= 15 is 0 Å². The maximum atomic E-state index is 12.1. The van der Waals surface area contributed by atoms with Gasteiger partial charge in [-0.25, -0.2) is 4.79 Å². The largest absolute Gasteiger partial charge is 0.465 e. The van der Waals surface area contributed by atoms with Crippen molar-refractivity contribution in [1.82, 2.24) is 10.3 Å². The van der Waals surface area contributed by atoms with Gasteiger partial charge in [-0.2, -0.15) is 0 Å². The molecule has 1 amide bonds. The maximum Gasteiger partial charge on any atom is 0.337 e. The van der Waals surface area contributed by atoms with E-state index in [2.05, 4.69) is 15.6 Å². The van der Waals surface area contributed by atoms with Crippen molar-refractivity contribution in [2.75, 3.05) is 31.0 Å². The molecular formula is C30H28N4O5S. The molecule has 1 fully saturated rings. The van der Waals surface area contributed by atoms with Crippen LogP contribution in [0.1, 0.15) is 39.5 Å². The molecule has 0 bridgehead atoms. The van der Waals surface area contributed by atoms with Gasteiger partial charge in [-0.05, 0) is 79.3 Å². The lowest BCUT2D eigenvalue weighted by Gasteiger charge is -2.26. The summed E-state index contributed by atoms with van der Waals surface area (Å²) < 4.78 is 16.1. The fourth-order valence-electron chi connectivity index (χ4n) is 4.73. The molecule has 3 heterocycles. The summed E-state index contributed by atoms with van der Waals surface area (Å²) in [5.41, 5.74) is 4.50. The van der Waals surface area contributed by atoms with Gasteiger partial charge in [0.1, 0.15) is 24.2 Å². The number of carbonyl (C=O) groups excluding carboxylic acids is 2. The molecule has 1 aliphatic heterocycles. The van der Waals surface area contributed by atoms with Gasteiger partial charge in [0, 0.05) is 30.2 Å². The van der Waals surface area contributed by atoms with Crippen LogP contribution in [0.15, 0.2) is 83.4 Å². The Morgan fingerprint density at radius 2 is 1.88 bits per heavy atom. The highest BCUT2D eigenvalue weighted by atomic mass is 32.1. The van der Waals surface area contributed by atoms with Crippen LogP contribution in [0.4, 0.5) is 11.4 Å². The number of hydrogen-bond donors (Lipinski definition) is 2. The lowest BCUT2D eigenvalue weighted by Crippen LogP contribution is -2.29. The van der Waals surface area contributed by atoms with Crippen molar-refractivity contribution in [3.05, 3.63) is 102 Å². The minimum atomic E-state index is -0.398. The summed E-state index contributed by atoms with van der Waals surface area (Å²) in [5.74, 6) is 0.708. The molecule has 204 valence electrons. The smallest absolute Gasteiger partial charge is 0.337 e. The van der Waals surface area contributed by atoms with E-state index in [9.17, 15) is 9.59 Å². The quantitative estimate of drug-likeness (QED) is 0.224. The number of esters is 1. The standard InChI is InChI=1S/C30H28N4O5S/c1-18-16-21(11-12-22(18)32-26(35)17-37-2)34-28(27(33-30(34)40)23-6-4-5-15-31-23)25-14-13-24(39-25)19-7-9-20(10-8-19)29(36)38-3/h4-16,27-28H,17H2,1-3H3,(H,32,35)(H,33,40). The predicted molar refractivity (Wildman–Crippen MR) is 155 cm³/mol. The second-order valence-corrected chi connectivity index (χ2v) is 9.63. The van der Waals surface area contributed by atoms with E-state index < -0.39 is 5.97 Å². The maximum absolute atomic E-state index is 12.1. The minimum absolute atomic E-state index is 0.0264. The molecule has 2 aromatic heterocycles. The van der Waals surface area contributed by atoms with Gasteiger partial charge < -0.3 is 29.4 Å². The Hall–Kier alpha value is -4.54. The van der Waals surface area contributed by atoms with Crippen LogP contribution >= 0.6 is 12.2 Å². The number of aryl methyl sites for hydroxylation is 1. The van der Waals surface area contributed by atoms with Crippen LogP contribution in [0.2, 0.25) is 0 Å². The Labute approximate surface area is 237 Å². The molecule has 40 heavy (non-hydrogen) atoms.